The Kier molecular flexibility index (Phi) is 7.88. The van der Waals surface area contributed by atoms with Gasteiger partial charge in [0.25, 0.3) is 0 Å². The van der Waals surface area contributed by atoms with E-state index in [1.165, 1.54) is 17.2 Å². The minimum Gasteiger partial charge on any atom is -0.373 e. The topological polar surface area (TPSA) is 26.7 Å². The van der Waals surface area contributed by atoms with Crippen molar-refractivity contribution in [3.8, 4) is 0 Å². The maximum atomic E-state index is 14.0. The molecule has 1 N–H and O–H groups in total. The van der Waals surface area contributed by atoms with E-state index in [2.05, 4.69) is 31.7 Å². The summed E-state index contributed by atoms with van der Waals surface area (Å²) in [6.45, 7) is 8.75. The number of allylic oxidation sites excluding steroid dienone is 6. The first kappa shape index (κ1) is 27.3. The highest BCUT2D eigenvalue weighted by atomic mass is 35.5. The van der Waals surface area contributed by atoms with Crippen LogP contribution in [0.15, 0.2) is 64.1 Å². The number of aliphatic hydroxyl groups excluding tert-OH is 1. The molecular weight excluding hydrogens is 530 g/mol. The first-order valence-corrected chi connectivity index (χ1v) is 14.5. The van der Waals surface area contributed by atoms with Crippen LogP contribution in [0, 0.1) is 17.8 Å². The van der Waals surface area contributed by atoms with Crippen LogP contribution in [-0.2, 0) is 0 Å². The molecule has 0 saturated carbocycles. The molecule has 0 radical (unpaired) electrons. The first-order valence-electron chi connectivity index (χ1n) is 13.3. The van der Waals surface area contributed by atoms with Gasteiger partial charge in [-0.15, -0.1) is 0 Å². The third kappa shape index (κ3) is 5.43. The zero-order valence-corrected chi connectivity index (χ0v) is 24.1. The number of hydrogen-bond donors (Lipinski definition) is 1. The van der Waals surface area contributed by atoms with Gasteiger partial charge in [-0.1, -0.05) is 52.5 Å². The number of rotatable bonds is 3. The average molecular weight is 566 g/mol. The summed E-state index contributed by atoms with van der Waals surface area (Å²) in [4.78, 5) is 4.49. The predicted octanol–water partition coefficient (Wildman–Crippen LogP) is 8.62. The number of hydrogen-bond acceptors (Lipinski definition) is 3. The largest absolute Gasteiger partial charge is 0.373 e. The second-order valence-electron chi connectivity index (χ2n) is 11.8. The number of para-hydroxylation sites is 1. The molecule has 1 aromatic rings. The third-order valence-corrected chi connectivity index (χ3v) is 9.63. The molecule has 2 heterocycles. The molecule has 0 amide bonds. The highest BCUT2D eigenvalue weighted by molar-refractivity contribution is 6.39. The molecule has 0 saturated heterocycles. The van der Waals surface area contributed by atoms with E-state index >= 15 is 0 Å². The van der Waals surface area contributed by atoms with Crippen LogP contribution in [0.1, 0.15) is 59.3 Å². The molecule has 3 nitrogen and oxygen atoms in total. The van der Waals surface area contributed by atoms with E-state index in [0.29, 0.717) is 39.5 Å². The number of nitrogens with zero attached hydrogens (tertiary/aromatic N) is 2. The Hall–Kier alpha value is -1.30. The summed E-state index contributed by atoms with van der Waals surface area (Å²) < 4.78 is 14.0. The zero-order valence-electron chi connectivity index (χ0n) is 21.8. The van der Waals surface area contributed by atoms with Crippen molar-refractivity contribution in [1.82, 2.24) is 4.90 Å². The maximum absolute atomic E-state index is 14.0. The van der Waals surface area contributed by atoms with Crippen molar-refractivity contribution in [2.45, 2.75) is 71.1 Å². The monoisotopic (exact) mass is 564 g/mol. The van der Waals surface area contributed by atoms with Crippen LogP contribution in [0.5, 0.6) is 0 Å². The lowest BCUT2D eigenvalue weighted by Gasteiger charge is -2.48. The Balaban J connectivity index is 1.56. The number of halogens is 4. The molecular formula is C30H36Cl3FN2O. The lowest BCUT2D eigenvalue weighted by atomic mass is 9.66. The highest BCUT2D eigenvalue weighted by Gasteiger charge is 2.43. The Morgan fingerprint density at radius 1 is 1.03 bits per heavy atom. The normalized spacial score (nSPS) is 29.5. The molecule has 4 aliphatic rings. The van der Waals surface area contributed by atoms with Crippen molar-refractivity contribution in [3.63, 3.8) is 0 Å². The molecule has 4 unspecified atom stereocenters. The van der Waals surface area contributed by atoms with E-state index < -0.39 is 6.23 Å². The van der Waals surface area contributed by atoms with E-state index in [1.54, 1.807) is 6.08 Å². The van der Waals surface area contributed by atoms with Crippen LogP contribution in [-0.4, -0.2) is 34.9 Å². The first-order chi connectivity index (χ1) is 17.5. The zero-order chi connectivity index (χ0) is 26.5. The van der Waals surface area contributed by atoms with Gasteiger partial charge in [0.2, 0.25) is 0 Å². The van der Waals surface area contributed by atoms with Crippen LogP contribution < -0.4 is 4.90 Å². The van der Waals surface area contributed by atoms with E-state index in [1.807, 2.05) is 23.1 Å². The molecule has 0 fully saturated rings. The molecule has 0 spiro atoms. The van der Waals surface area contributed by atoms with Gasteiger partial charge in [0.1, 0.15) is 12.1 Å². The van der Waals surface area contributed by atoms with Gasteiger partial charge in [-0.2, -0.15) is 0 Å². The van der Waals surface area contributed by atoms with Crippen LogP contribution in [0.3, 0.4) is 0 Å². The lowest BCUT2D eigenvalue weighted by Crippen LogP contribution is -2.45. The maximum Gasteiger partial charge on any atom is 0.131 e. The molecule has 37 heavy (non-hydrogen) atoms. The summed E-state index contributed by atoms with van der Waals surface area (Å²) in [5.41, 5.74) is 4.68. The van der Waals surface area contributed by atoms with Gasteiger partial charge >= 0.3 is 0 Å². The van der Waals surface area contributed by atoms with Crippen molar-refractivity contribution in [2.75, 3.05) is 18.0 Å². The fraction of sp³-hybridized carbons (Fsp3) is 0.533. The van der Waals surface area contributed by atoms with Crippen molar-refractivity contribution >= 4 is 40.5 Å². The number of aliphatic hydroxyl groups is 1. The minimum atomic E-state index is -0.707. The van der Waals surface area contributed by atoms with Gasteiger partial charge in [-0.3, -0.25) is 4.90 Å². The molecule has 4 atom stereocenters. The van der Waals surface area contributed by atoms with E-state index in [-0.39, 0.29) is 23.2 Å². The molecule has 7 heteroatoms. The van der Waals surface area contributed by atoms with Gasteiger partial charge in [0.15, 0.2) is 0 Å². The SMILES string of the molecule is CC(C)(C)N1CC=C(C2CC3=C(CCC(O)N3c3c(Cl)cccc3Cl)C(C3CC=C(F)C=C3Cl)C2)CC1. The van der Waals surface area contributed by atoms with Crippen molar-refractivity contribution in [2.24, 2.45) is 17.8 Å². The molecule has 2 aliphatic heterocycles. The smallest absolute Gasteiger partial charge is 0.131 e. The summed E-state index contributed by atoms with van der Waals surface area (Å²) in [6, 6.07) is 5.47. The lowest BCUT2D eigenvalue weighted by molar-refractivity contribution is 0.139. The summed E-state index contributed by atoms with van der Waals surface area (Å²) in [5, 5.41) is 12.9. The number of benzene rings is 1. The summed E-state index contributed by atoms with van der Waals surface area (Å²) >= 11 is 20.1. The van der Waals surface area contributed by atoms with E-state index in [0.717, 1.165) is 44.5 Å². The second-order valence-corrected chi connectivity index (χ2v) is 13.0. The molecule has 0 aromatic heterocycles. The molecule has 2 aliphatic carbocycles. The number of anilines is 1. The van der Waals surface area contributed by atoms with E-state index in [4.69, 9.17) is 34.8 Å². The van der Waals surface area contributed by atoms with Crippen LogP contribution in [0.25, 0.3) is 0 Å². The minimum absolute atomic E-state index is 0.0306. The van der Waals surface area contributed by atoms with Gasteiger partial charge < -0.3 is 10.0 Å². The van der Waals surface area contributed by atoms with Crippen LogP contribution >= 0.6 is 34.8 Å². The Morgan fingerprint density at radius 3 is 2.38 bits per heavy atom. The molecule has 200 valence electrons. The third-order valence-electron chi connectivity index (χ3n) is 8.64. The predicted molar refractivity (Wildman–Crippen MR) is 153 cm³/mol. The van der Waals surface area contributed by atoms with Crippen molar-refractivity contribution in [1.29, 1.82) is 0 Å². The fourth-order valence-electron chi connectivity index (χ4n) is 6.65. The summed E-state index contributed by atoms with van der Waals surface area (Å²) in [7, 11) is 0. The fourth-order valence-corrected chi connectivity index (χ4v) is 7.58. The quantitative estimate of drug-likeness (QED) is 0.372. The second kappa shape index (κ2) is 10.7. The van der Waals surface area contributed by atoms with Gasteiger partial charge in [0.05, 0.1) is 15.7 Å². The van der Waals surface area contributed by atoms with Crippen LogP contribution in [0.2, 0.25) is 10.0 Å². The van der Waals surface area contributed by atoms with Crippen molar-refractivity contribution < 1.29 is 9.50 Å². The summed E-state index contributed by atoms with van der Waals surface area (Å²) in [5.74, 6) is 0.256. The van der Waals surface area contributed by atoms with E-state index in [9.17, 15) is 9.50 Å². The Bertz CT molecular complexity index is 1160. The van der Waals surface area contributed by atoms with Gasteiger partial charge in [0, 0.05) is 35.3 Å². The van der Waals surface area contributed by atoms with Crippen molar-refractivity contribution in [3.05, 3.63) is 74.2 Å². The van der Waals surface area contributed by atoms with Gasteiger partial charge in [-0.25, -0.2) is 4.39 Å². The Labute approximate surface area is 235 Å². The Morgan fingerprint density at radius 2 is 1.76 bits per heavy atom. The molecule has 0 bridgehead atoms. The van der Waals surface area contributed by atoms with Crippen LogP contribution in [0.4, 0.5) is 10.1 Å². The summed E-state index contributed by atoms with van der Waals surface area (Å²) in [6.07, 6.45) is 9.61. The molecule has 1 aromatic carbocycles. The average Bonchev–Trinajstić information content (AvgIpc) is 2.84. The highest BCUT2D eigenvalue weighted by Crippen LogP contribution is 2.53. The standard InChI is InChI=1S/C30H36Cl3FN2O/c1-30(2,3)35-13-11-18(12-14-35)19-15-23(21-8-7-20(34)17-26(21)33)22-9-10-28(37)36(27(22)16-19)29-24(31)5-4-6-25(29)32/h4-7,11,17,19,21,23,28,37H,8-10,12-16H2,1-3H3. The van der Waals surface area contributed by atoms with Gasteiger partial charge in [-0.05, 0) is 101 Å². The molecule has 5 rings (SSSR count).